The van der Waals surface area contributed by atoms with Crippen LogP contribution in [-0.2, 0) is 4.79 Å². The number of halogens is 2. The van der Waals surface area contributed by atoms with Gasteiger partial charge < -0.3 is 0 Å². The molecule has 0 atom stereocenters. The highest BCUT2D eigenvalue weighted by Gasteiger charge is 1.91. The van der Waals surface area contributed by atoms with Gasteiger partial charge in [0.25, 0.3) is 0 Å². The van der Waals surface area contributed by atoms with Crippen LogP contribution in [0, 0.1) is 0 Å². The van der Waals surface area contributed by atoms with Crippen molar-refractivity contribution in [3.8, 4) is 0 Å². The summed E-state index contributed by atoms with van der Waals surface area (Å²) in [7, 11) is 0. The van der Waals surface area contributed by atoms with Crippen LogP contribution in [0.1, 0.15) is 6.92 Å². The van der Waals surface area contributed by atoms with Crippen LogP contribution in [0.4, 0.5) is 8.78 Å². The summed E-state index contributed by atoms with van der Waals surface area (Å²) >= 11 is 0. The average Bonchev–Trinajstić information content (AvgIpc) is 1.61. The van der Waals surface area contributed by atoms with Gasteiger partial charge in [-0.1, -0.05) is 0 Å². The summed E-state index contributed by atoms with van der Waals surface area (Å²) in [4.78, 5) is 12.5. The lowest BCUT2D eigenvalue weighted by molar-refractivity contribution is -0.115. The van der Waals surface area contributed by atoms with E-state index in [2.05, 4.69) is 4.99 Å². The molecule has 0 saturated heterocycles. The number of aliphatic imine (C=N–C) groups is 1. The predicted octanol–water partition coefficient (Wildman–Crippen LogP) is 0.870. The zero-order valence-corrected chi connectivity index (χ0v) is 4.32. The van der Waals surface area contributed by atoms with E-state index in [9.17, 15) is 13.6 Å². The highest BCUT2D eigenvalue weighted by atomic mass is 19.3. The van der Waals surface area contributed by atoms with Crippen LogP contribution < -0.4 is 0 Å². The van der Waals surface area contributed by atoms with Gasteiger partial charge in [0, 0.05) is 0 Å². The van der Waals surface area contributed by atoms with Crippen molar-refractivity contribution < 1.29 is 13.6 Å². The third kappa shape index (κ3) is 5.20. The number of carbonyl (C=O) groups is 1. The number of carbonyl (C=O) groups excluding carboxylic acids is 1. The number of Topliss-reactive ketones (excluding diaryl/α,β-unsaturated/α-hetero) is 1. The summed E-state index contributed by atoms with van der Waals surface area (Å²) in [6, 6.07) is 0. The zero-order valence-electron chi connectivity index (χ0n) is 4.32. The Bertz CT molecular complexity index is 117. The molecule has 0 N–H and O–H groups in total. The molecule has 0 aliphatic rings. The van der Waals surface area contributed by atoms with Gasteiger partial charge in [-0.2, -0.15) is 8.78 Å². The molecule has 0 rings (SSSR count). The van der Waals surface area contributed by atoms with Gasteiger partial charge >= 0.3 is 6.22 Å². The molecule has 0 aromatic rings. The number of rotatable bonds is 2. The number of hydrogen-bond acceptors (Lipinski definition) is 2. The molecule has 0 fully saturated rings. The fourth-order valence-electron chi connectivity index (χ4n) is 0.171. The van der Waals surface area contributed by atoms with Crippen LogP contribution in [-0.4, -0.2) is 18.5 Å². The smallest absolute Gasteiger partial charge is 0.298 e. The number of ketones is 1. The van der Waals surface area contributed by atoms with E-state index in [1.807, 2.05) is 0 Å². The molecular weight excluding hydrogens is 116 g/mol. The van der Waals surface area contributed by atoms with Gasteiger partial charge in [-0.25, -0.2) is 4.99 Å². The third-order valence-corrected chi connectivity index (χ3v) is 0.421. The van der Waals surface area contributed by atoms with Crippen molar-refractivity contribution in [2.75, 3.05) is 6.54 Å². The van der Waals surface area contributed by atoms with Gasteiger partial charge in [0.2, 0.25) is 0 Å². The van der Waals surface area contributed by atoms with Crippen molar-refractivity contribution in [2.45, 2.75) is 6.92 Å². The molecule has 0 bridgehead atoms. The Balaban J connectivity index is 3.45. The topological polar surface area (TPSA) is 29.4 Å². The van der Waals surface area contributed by atoms with Crippen molar-refractivity contribution in [3.63, 3.8) is 0 Å². The van der Waals surface area contributed by atoms with Gasteiger partial charge in [-0.3, -0.25) is 4.79 Å². The highest BCUT2D eigenvalue weighted by Crippen LogP contribution is 1.81. The summed E-state index contributed by atoms with van der Waals surface area (Å²) < 4.78 is 22.0. The summed E-state index contributed by atoms with van der Waals surface area (Å²) in [5.74, 6) is -0.363. The molecule has 0 heterocycles. The molecule has 0 aromatic carbocycles. The maximum atomic E-state index is 11.0. The largest absolute Gasteiger partial charge is 0.360 e. The van der Waals surface area contributed by atoms with Gasteiger partial charge in [-0.05, 0) is 6.92 Å². The van der Waals surface area contributed by atoms with Crippen molar-refractivity contribution in [3.05, 3.63) is 0 Å². The first-order valence-electron chi connectivity index (χ1n) is 1.98. The first kappa shape index (κ1) is 7.20. The van der Waals surface area contributed by atoms with Crippen LogP contribution in [0.3, 0.4) is 0 Å². The molecule has 0 aliphatic carbocycles. The van der Waals surface area contributed by atoms with Crippen LogP contribution in [0.25, 0.3) is 0 Å². The Morgan fingerprint density at radius 2 is 2.12 bits per heavy atom. The summed E-state index contributed by atoms with van der Waals surface area (Å²) in [5, 5.41) is 0. The Morgan fingerprint density at radius 3 is 2.25 bits per heavy atom. The normalized spacial score (nSPS) is 8.38. The molecule has 4 heteroatoms. The number of nitrogens with zero attached hydrogens (tertiary/aromatic N) is 1. The van der Waals surface area contributed by atoms with Crippen LogP contribution in [0.2, 0.25) is 0 Å². The van der Waals surface area contributed by atoms with Gasteiger partial charge in [0.1, 0.15) is 6.54 Å². The van der Waals surface area contributed by atoms with Crippen molar-refractivity contribution >= 4 is 12.0 Å². The molecule has 0 saturated carbocycles. The van der Waals surface area contributed by atoms with E-state index in [1.165, 1.54) is 6.92 Å². The number of hydrogen-bond donors (Lipinski definition) is 0. The van der Waals surface area contributed by atoms with Crippen LogP contribution >= 0.6 is 0 Å². The molecule has 0 unspecified atom stereocenters. The monoisotopic (exact) mass is 121 g/mol. The highest BCUT2D eigenvalue weighted by molar-refractivity contribution is 5.79. The Hall–Kier alpha value is -0.800. The van der Waals surface area contributed by atoms with Crippen molar-refractivity contribution in [1.82, 2.24) is 0 Å². The minimum atomic E-state index is -2.04. The first-order chi connectivity index (χ1) is 3.63. The second-order valence-electron chi connectivity index (χ2n) is 1.26. The second kappa shape index (κ2) is 3.23. The van der Waals surface area contributed by atoms with Crippen LogP contribution in [0.15, 0.2) is 4.99 Å². The maximum Gasteiger partial charge on any atom is 0.360 e. The third-order valence-electron chi connectivity index (χ3n) is 0.421. The zero-order chi connectivity index (χ0) is 6.57. The molecule has 0 spiro atoms. The lowest BCUT2D eigenvalue weighted by Gasteiger charge is -1.80. The minimum absolute atomic E-state index is 0.363. The van der Waals surface area contributed by atoms with E-state index < -0.39 is 12.8 Å². The van der Waals surface area contributed by atoms with E-state index in [1.54, 1.807) is 0 Å². The van der Waals surface area contributed by atoms with E-state index in [4.69, 9.17) is 0 Å². The lowest BCUT2D eigenvalue weighted by Crippen LogP contribution is -1.95. The van der Waals surface area contributed by atoms with Crippen LogP contribution in [0.5, 0.6) is 0 Å². The van der Waals surface area contributed by atoms with Crippen molar-refractivity contribution in [1.29, 1.82) is 0 Å². The molecule has 46 valence electrons. The maximum absolute atomic E-state index is 11.0. The predicted molar refractivity (Wildman–Crippen MR) is 25.2 cm³/mol. The molecule has 0 radical (unpaired) electrons. The average molecular weight is 121 g/mol. The molecule has 2 nitrogen and oxygen atoms in total. The molecule has 8 heavy (non-hydrogen) atoms. The van der Waals surface area contributed by atoms with Crippen molar-refractivity contribution in [2.24, 2.45) is 4.99 Å². The minimum Gasteiger partial charge on any atom is -0.298 e. The SMILES string of the molecule is CC(=O)CN=C(F)F. The van der Waals surface area contributed by atoms with Gasteiger partial charge in [0.15, 0.2) is 5.78 Å². The Morgan fingerprint density at radius 1 is 1.62 bits per heavy atom. The summed E-state index contributed by atoms with van der Waals surface area (Å²) in [6.45, 7) is 0.786. The fourth-order valence-corrected chi connectivity index (χ4v) is 0.171. The second-order valence-corrected chi connectivity index (χ2v) is 1.26. The molecule has 0 amide bonds. The first-order valence-corrected chi connectivity index (χ1v) is 1.98. The standard InChI is InChI=1S/C4H5F2NO/c1-3(8)2-7-4(5)6/h2H2,1H3. The quantitative estimate of drug-likeness (QED) is 0.498. The molecule has 0 aromatic heterocycles. The fraction of sp³-hybridized carbons (Fsp3) is 0.500. The molecule has 0 aliphatic heterocycles. The lowest BCUT2D eigenvalue weighted by atomic mass is 10.5. The Kier molecular flexibility index (Phi) is 2.91. The molecular formula is C4H5F2NO. The van der Waals surface area contributed by atoms with Gasteiger partial charge in [0.05, 0.1) is 0 Å². The van der Waals surface area contributed by atoms with E-state index in [0.29, 0.717) is 0 Å². The van der Waals surface area contributed by atoms with Gasteiger partial charge in [-0.15, -0.1) is 0 Å². The summed E-state index contributed by atoms with van der Waals surface area (Å²) in [6.07, 6.45) is -2.04. The Labute approximate surface area is 45.2 Å². The van der Waals surface area contributed by atoms with E-state index in [-0.39, 0.29) is 5.78 Å². The summed E-state index contributed by atoms with van der Waals surface area (Å²) in [5.41, 5.74) is 0. The van der Waals surface area contributed by atoms with E-state index >= 15 is 0 Å². The van der Waals surface area contributed by atoms with E-state index in [0.717, 1.165) is 0 Å².